The Hall–Kier alpha value is -4.99. The van der Waals surface area contributed by atoms with Gasteiger partial charge in [0.1, 0.15) is 12.3 Å². The van der Waals surface area contributed by atoms with Crippen LogP contribution in [-0.4, -0.2) is 62.6 Å². The van der Waals surface area contributed by atoms with Gasteiger partial charge in [-0.2, -0.15) is 0 Å². The summed E-state index contributed by atoms with van der Waals surface area (Å²) in [5.41, 5.74) is 4.43. The van der Waals surface area contributed by atoms with Crippen LogP contribution in [0.15, 0.2) is 78.9 Å². The van der Waals surface area contributed by atoms with E-state index in [1.165, 1.54) is 11.9 Å². The van der Waals surface area contributed by atoms with E-state index in [-0.39, 0.29) is 24.1 Å². The number of aliphatic hydroxyl groups excluding tert-OH is 1. The standard InChI is InChI=1S/C34H28N4O5/c1-17-31(39)22(36-32(40)18-10-4-3-5-11-18)16-24(43-17)38-23-15-9-7-13-20(23)26-28-27(33(41)37(2)34(28)42)25-19-12-6-8-14-21(19)35-29(25)30(26)38/h3-15,17,22,24,31,35,39H,16H2,1-2H3,(H,36,40)/t17-,22-,24+,31+/m0/s1. The van der Waals surface area contributed by atoms with Crippen LogP contribution in [0.5, 0.6) is 0 Å². The molecule has 2 aliphatic rings. The molecule has 0 radical (unpaired) electrons. The van der Waals surface area contributed by atoms with Gasteiger partial charge in [0, 0.05) is 46.1 Å². The number of H-pyrrole nitrogens is 1. The van der Waals surface area contributed by atoms with Crippen molar-refractivity contribution >= 4 is 61.3 Å². The Bertz CT molecular complexity index is 2150. The highest BCUT2D eigenvalue weighted by Crippen LogP contribution is 2.47. The maximum Gasteiger partial charge on any atom is 0.262 e. The number of aromatic amines is 1. The number of hydrogen-bond acceptors (Lipinski definition) is 5. The fourth-order valence-electron chi connectivity index (χ4n) is 6.97. The van der Waals surface area contributed by atoms with E-state index in [4.69, 9.17) is 4.74 Å². The van der Waals surface area contributed by atoms with Crippen molar-refractivity contribution in [2.75, 3.05) is 7.05 Å². The van der Waals surface area contributed by atoms with E-state index < -0.39 is 24.5 Å². The van der Waals surface area contributed by atoms with Gasteiger partial charge in [-0.3, -0.25) is 19.3 Å². The first-order chi connectivity index (χ1) is 20.8. The highest BCUT2D eigenvalue weighted by atomic mass is 16.5. The number of imide groups is 1. The molecule has 43 heavy (non-hydrogen) atoms. The number of aliphatic hydroxyl groups is 1. The second kappa shape index (κ2) is 9.26. The molecule has 8 rings (SSSR count). The number of para-hydroxylation sites is 2. The lowest BCUT2D eigenvalue weighted by Gasteiger charge is -2.39. The number of carbonyl (C=O) groups is 3. The second-order valence-corrected chi connectivity index (χ2v) is 11.4. The summed E-state index contributed by atoms with van der Waals surface area (Å²) >= 11 is 0. The number of hydrogen-bond donors (Lipinski definition) is 3. The Morgan fingerprint density at radius 3 is 2.33 bits per heavy atom. The van der Waals surface area contributed by atoms with Crippen LogP contribution < -0.4 is 5.32 Å². The zero-order valence-corrected chi connectivity index (χ0v) is 23.5. The van der Waals surface area contributed by atoms with Gasteiger partial charge in [-0.05, 0) is 31.2 Å². The fraction of sp³-hybridized carbons (Fsp3) is 0.206. The van der Waals surface area contributed by atoms with Crippen molar-refractivity contribution in [1.29, 1.82) is 0 Å². The number of aromatic nitrogens is 2. The molecule has 9 nitrogen and oxygen atoms in total. The summed E-state index contributed by atoms with van der Waals surface area (Å²) in [6, 6.07) is 23.8. The quantitative estimate of drug-likeness (QED) is 0.255. The van der Waals surface area contributed by atoms with Gasteiger partial charge in [0.15, 0.2) is 0 Å². The van der Waals surface area contributed by atoms with E-state index >= 15 is 0 Å². The van der Waals surface area contributed by atoms with E-state index in [1.807, 2.05) is 54.6 Å². The molecule has 4 atom stereocenters. The van der Waals surface area contributed by atoms with Crippen molar-refractivity contribution < 1.29 is 24.2 Å². The van der Waals surface area contributed by atoms with Crippen LogP contribution in [0.4, 0.5) is 0 Å². The van der Waals surface area contributed by atoms with Crippen molar-refractivity contribution in [2.45, 2.75) is 37.8 Å². The molecule has 0 aliphatic carbocycles. The number of nitrogens with zero attached hydrogens (tertiary/aromatic N) is 2. The Morgan fingerprint density at radius 2 is 1.56 bits per heavy atom. The number of ether oxygens (including phenoxy) is 1. The third-order valence-corrected chi connectivity index (χ3v) is 9.00. The normalized spacial score (nSPS) is 22.3. The molecule has 4 aromatic carbocycles. The molecule has 2 aromatic heterocycles. The first-order valence-electron chi connectivity index (χ1n) is 14.4. The maximum atomic E-state index is 13.7. The van der Waals surface area contributed by atoms with Crippen LogP contribution in [0.25, 0.3) is 43.6 Å². The van der Waals surface area contributed by atoms with Gasteiger partial charge in [0.2, 0.25) is 0 Å². The molecule has 6 aromatic rings. The average Bonchev–Trinajstić information content (AvgIpc) is 3.64. The zero-order valence-electron chi connectivity index (χ0n) is 23.5. The number of nitrogens with one attached hydrogen (secondary N) is 2. The predicted molar refractivity (Wildman–Crippen MR) is 163 cm³/mol. The fourth-order valence-corrected chi connectivity index (χ4v) is 6.97. The lowest BCUT2D eigenvalue weighted by atomic mass is 9.96. The molecule has 1 fully saturated rings. The van der Waals surface area contributed by atoms with Crippen LogP contribution in [0.3, 0.4) is 0 Å². The van der Waals surface area contributed by atoms with Crippen molar-refractivity contribution in [3.05, 3.63) is 95.6 Å². The van der Waals surface area contributed by atoms with Crippen molar-refractivity contribution in [2.24, 2.45) is 0 Å². The number of amides is 3. The van der Waals surface area contributed by atoms with E-state index in [0.29, 0.717) is 27.5 Å². The molecule has 0 saturated carbocycles. The number of rotatable bonds is 3. The lowest BCUT2D eigenvalue weighted by Crippen LogP contribution is -2.53. The van der Waals surface area contributed by atoms with Gasteiger partial charge in [-0.1, -0.05) is 54.6 Å². The van der Waals surface area contributed by atoms with Crippen LogP contribution in [0.2, 0.25) is 0 Å². The molecule has 0 spiro atoms. The summed E-state index contributed by atoms with van der Waals surface area (Å²) in [5, 5.41) is 17.2. The van der Waals surface area contributed by atoms with Gasteiger partial charge in [-0.25, -0.2) is 0 Å². The SMILES string of the molecule is C[C@@H]1O[C@@H](n2c3ccccc3c3c4c(c5c6ccccc6[nH]c5c32)C(=O)N(C)C4=O)C[C@H](NC(=O)c2ccccc2)[C@@H]1O. The summed E-state index contributed by atoms with van der Waals surface area (Å²) in [4.78, 5) is 45.2. The third kappa shape index (κ3) is 3.55. The molecule has 0 bridgehead atoms. The minimum Gasteiger partial charge on any atom is -0.388 e. The summed E-state index contributed by atoms with van der Waals surface area (Å²) in [6.07, 6.45) is -1.84. The number of fused-ring (bicyclic) bond motifs is 10. The molecule has 0 unspecified atom stereocenters. The van der Waals surface area contributed by atoms with Gasteiger partial charge in [0.05, 0.1) is 39.8 Å². The van der Waals surface area contributed by atoms with Crippen LogP contribution in [0.1, 0.15) is 50.6 Å². The average molecular weight is 573 g/mol. The molecule has 1 saturated heterocycles. The molecule has 9 heteroatoms. The zero-order chi connectivity index (χ0) is 29.6. The molecule has 4 heterocycles. The van der Waals surface area contributed by atoms with Gasteiger partial charge in [0.25, 0.3) is 17.7 Å². The topological polar surface area (TPSA) is 117 Å². The first kappa shape index (κ1) is 25.7. The second-order valence-electron chi connectivity index (χ2n) is 11.4. The van der Waals surface area contributed by atoms with Crippen molar-refractivity contribution in [1.82, 2.24) is 19.8 Å². The lowest BCUT2D eigenvalue weighted by molar-refractivity contribution is -0.146. The minimum atomic E-state index is -0.929. The molecule has 2 aliphatic heterocycles. The third-order valence-electron chi connectivity index (χ3n) is 9.00. The molecule has 3 amide bonds. The van der Waals surface area contributed by atoms with Crippen LogP contribution in [0, 0.1) is 0 Å². The minimum absolute atomic E-state index is 0.275. The molecule has 3 N–H and O–H groups in total. The van der Waals surface area contributed by atoms with Gasteiger partial charge in [-0.15, -0.1) is 0 Å². The predicted octanol–water partition coefficient (Wildman–Crippen LogP) is 5.12. The van der Waals surface area contributed by atoms with Gasteiger partial charge >= 0.3 is 0 Å². The van der Waals surface area contributed by atoms with Crippen LogP contribution >= 0.6 is 0 Å². The Morgan fingerprint density at radius 1 is 0.907 bits per heavy atom. The van der Waals surface area contributed by atoms with E-state index in [0.717, 1.165) is 32.8 Å². The van der Waals surface area contributed by atoms with Crippen molar-refractivity contribution in [3.63, 3.8) is 0 Å². The largest absolute Gasteiger partial charge is 0.388 e. The summed E-state index contributed by atoms with van der Waals surface area (Å²) in [7, 11) is 1.52. The highest BCUT2D eigenvalue weighted by Gasteiger charge is 2.42. The van der Waals surface area contributed by atoms with E-state index in [1.54, 1.807) is 31.2 Å². The Balaban J connectivity index is 1.39. The van der Waals surface area contributed by atoms with Gasteiger partial charge < -0.3 is 24.7 Å². The smallest absolute Gasteiger partial charge is 0.262 e. The van der Waals surface area contributed by atoms with Crippen LogP contribution in [-0.2, 0) is 4.74 Å². The molecular formula is C34H28N4O5. The highest BCUT2D eigenvalue weighted by molar-refractivity contribution is 6.39. The molecular weight excluding hydrogens is 544 g/mol. The number of carbonyl (C=O) groups excluding carboxylic acids is 3. The number of benzene rings is 4. The summed E-state index contributed by atoms with van der Waals surface area (Å²) in [5.74, 6) is -0.952. The maximum absolute atomic E-state index is 13.7. The Labute approximate surface area is 245 Å². The molecule has 214 valence electrons. The van der Waals surface area contributed by atoms with Crippen molar-refractivity contribution in [3.8, 4) is 0 Å². The monoisotopic (exact) mass is 572 g/mol. The first-order valence-corrected chi connectivity index (χ1v) is 14.4. The Kier molecular flexibility index (Phi) is 5.53. The van der Waals surface area contributed by atoms with E-state index in [9.17, 15) is 19.5 Å². The summed E-state index contributed by atoms with van der Waals surface area (Å²) < 4.78 is 8.53. The summed E-state index contributed by atoms with van der Waals surface area (Å²) in [6.45, 7) is 1.79. The van der Waals surface area contributed by atoms with E-state index in [2.05, 4.69) is 14.9 Å².